The second-order valence-corrected chi connectivity index (χ2v) is 25.0. The quantitative estimate of drug-likeness (QED) is 0.212. The molecule has 10 atom stereocenters. The van der Waals surface area contributed by atoms with E-state index >= 15 is 0 Å². The number of hydrogen-bond acceptors (Lipinski definition) is 8. The highest BCUT2D eigenvalue weighted by Gasteiger charge is 2.70. The summed E-state index contributed by atoms with van der Waals surface area (Å²) in [5, 5.41) is 14.7. The van der Waals surface area contributed by atoms with E-state index in [-0.39, 0.29) is 27.2 Å². The maximum atomic E-state index is 12.8. The SMILES string of the molecule is C=C(C)[C@@H]1CC[C@]2(NCCN3CCS(=O)(=O)CC3)CC[C@]3(C)[C@H](CC[C@@H]4[C@@]5(C)CC=C(C6=CCC(CCOc7cc(C)sn7)(C(=O)O)CC6)C(C)(C)[C@@H]5CC[C@]43C)[C@@H]12. The zero-order chi connectivity index (χ0) is 41.5. The minimum Gasteiger partial charge on any atom is -0.481 e. The van der Waals surface area contributed by atoms with Gasteiger partial charge in [-0.2, -0.15) is 4.37 Å². The first-order chi connectivity index (χ1) is 27.3. The normalized spacial score (nSPS) is 41.9. The Balaban J connectivity index is 0.995. The highest BCUT2D eigenvalue weighted by molar-refractivity contribution is 7.91. The van der Waals surface area contributed by atoms with Gasteiger partial charge in [-0.05, 0) is 171 Å². The Labute approximate surface area is 354 Å². The van der Waals surface area contributed by atoms with Crippen molar-refractivity contribution in [1.82, 2.24) is 14.6 Å². The number of carboxylic acids is 1. The fourth-order valence-electron chi connectivity index (χ4n) is 15.5. The minimum atomic E-state index is -2.87. The van der Waals surface area contributed by atoms with Crippen LogP contribution in [-0.4, -0.2) is 78.6 Å². The number of fused-ring (bicyclic) bond motifs is 7. The first-order valence-electron chi connectivity index (χ1n) is 22.8. The van der Waals surface area contributed by atoms with Crippen molar-refractivity contribution >= 4 is 27.3 Å². The average Bonchev–Trinajstić information content (AvgIpc) is 3.76. The third-order valence-corrected chi connectivity index (χ3v) is 21.1. The molecule has 58 heavy (non-hydrogen) atoms. The smallest absolute Gasteiger partial charge is 0.310 e. The Hall–Kier alpha value is -2.01. The van der Waals surface area contributed by atoms with E-state index in [1.54, 1.807) is 0 Å². The summed E-state index contributed by atoms with van der Waals surface area (Å²) in [4.78, 5) is 16.2. The standard InChI is InChI=1S/C48H73N3O5S2/c1-32(2)35-13-20-48(49-24-25-51-26-29-58(54,55)30-27-51)22-21-45(7)37(41(35)48)9-10-39-44(6)16-14-36(43(4,5)38(44)15-17-46(39,45)8)34-11-18-47(19-12-34,42(52)53)23-28-56-40-31-33(3)57-50-40/h11,14,31,35,37-39,41,49H,1,9-10,12-13,15-30H2,2-8H3,(H,52,53)/t35-,37+,38-,39+,41+,44-,45+,46+,47?,48-/m0/s1. The summed E-state index contributed by atoms with van der Waals surface area (Å²) in [5.41, 5.74) is 4.36. The van der Waals surface area contributed by atoms with Crippen LogP contribution in [0.4, 0.5) is 0 Å². The molecule has 4 saturated carbocycles. The molecule has 1 saturated heterocycles. The highest BCUT2D eigenvalue weighted by atomic mass is 32.2. The van der Waals surface area contributed by atoms with Gasteiger partial charge in [-0.15, -0.1) is 0 Å². The zero-order valence-electron chi connectivity index (χ0n) is 36.8. The van der Waals surface area contributed by atoms with Gasteiger partial charge in [0, 0.05) is 42.7 Å². The number of allylic oxidation sites excluding steroid dienone is 5. The predicted octanol–water partition coefficient (Wildman–Crippen LogP) is 9.67. The van der Waals surface area contributed by atoms with Crippen LogP contribution < -0.4 is 10.1 Å². The van der Waals surface area contributed by atoms with Crippen molar-refractivity contribution in [2.24, 2.45) is 56.7 Å². The number of sulfone groups is 1. The number of aryl methyl sites for hydroxylation is 1. The molecule has 1 aliphatic heterocycles. The van der Waals surface area contributed by atoms with Crippen molar-refractivity contribution < 1.29 is 23.1 Å². The van der Waals surface area contributed by atoms with Gasteiger partial charge in [0.1, 0.15) is 0 Å². The molecule has 0 amide bonds. The summed E-state index contributed by atoms with van der Waals surface area (Å²) in [6.45, 7) is 25.6. The van der Waals surface area contributed by atoms with Crippen LogP contribution in [0.2, 0.25) is 0 Å². The molecule has 1 aromatic rings. The van der Waals surface area contributed by atoms with Crippen molar-refractivity contribution in [3.8, 4) is 5.88 Å². The average molecular weight is 836 g/mol. The molecule has 5 fully saturated rings. The molecule has 0 bridgehead atoms. The van der Waals surface area contributed by atoms with E-state index in [1.165, 1.54) is 79.6 Å². The maximum absolute atomic E-state index is 12.8. The lowest BCUT2D eigenvalue weighted by atomic mass is 9.33. The summed E-state index contributed by atoms with van der Waals surface area (Å²) in [5.74, 6) is 3.56. The fourth-order valence-corrected chi connectivity index (χ4v) is 17.2. The molecule has 8 nitrogen and oxygen atoms in total. The van der Waals surface area contributed by atoms with Gasteiger partial charge in [-0.25, -0.2) is 8.42 Å². The summed E-state index contributed by atoms with van der Waals surface area (Å²) in [6.07, 6.45) is 18.6. The lowest BCUT2D eigenvalue weighted by Crippen LogP contribution is -2.68. The first kappa shape index (κ1) is 42.7. The van der Waals surface area contributed by atoms with E-state index in [0.29, 0.717) is 85.9 Å². The molecule has 2 N–H and O–H groups in total. The molecular formula is C48H73N3O5S2. The number of nitrogens with one attached hydrogen (secondary N) is 1. The van der Waals surface area contributed by atoms with Crippen LogP contribution in [0.3, 0.4) is 0 Å². The molecule has 322 valence electrons. The van der Waals surface area contributed by atoms with E-state index in [1.807, 2.05) is 13.0 Å². The molecule has 0 aromatic carbocycles. The van der Waals surface area contributed by atoms with Crippen LogP contribution in [0.25, 0.3) is 0 Å². The van der Waals surface area contributed by atoms with E-state index in [0.717, 1.165) is 30.8 Å². The van der Waals surface area contributed by atoms with Gasteiger partial charge in [0.05, 0.1) is 23.5 Å². The third-order valence-electron chi connectivity index (χ3n) is 18.8. The van der Waals surface area contributed by atoms with Crippen LogP contribution in [0.5, 0.6) is 5.88 Å². The number of aromatic nitrogens is 1. The molecule has 0 spiro atoms. The first-order valence-corrected chi connectivity index (χ1v) is 25.4. The van der Waals surface area contributed by atoms with Crippen LogP contribution in [-0.2, 0) is 14.6 Å². The zero-order valence-corrected chi connectivity index (χ0v) is 38.4. The monoisotopic (exact) mass is 835 g/mol. The lowest BCUT2D eigenvalue weighted by molar-refractivity contribution is -0.221. The number of aliphatic carboxylic acids is 1. The Morgan fingerprint density at radius 1 is 0.983 bits per heavy atom. The molecule has 1 aromatic heterocycles. The lowest BCUT2D eigenvalue weighted by Gasteiger charge is -2.72. The van der Waals surface area contributed by atoms with E-state index < -0.39 is 21.2 Å². The summed E-state index contributed by atoms with van der Waals surface area (Å²) in [6, 6.07) is 1.92. The van der Waals surface area contributed by atoms with Crippen molar-refractivity contribution in [1.29, 1.82) is 0 Å². The Bertz CT molecular complexity index is 1940. The largest absolute Gasteiger partial charge is 0.481 e. The second-order valence-electron chi connectivity index (χ2n) is 21.7. The second kappa shape index (κ2) is 15.1. The van der Waals surface area contributed by atoms with E-state index in [9.17, 15) is 18.3 Å². The number of hydrogen-bond donors (Lipinski definition) is 2. The van der Waals surface area contributed by atoms with Gasteiger partial charge in [-0.1, -0.05) is 58.9 Å². The van der Waals surface area contributed by atoms with Gasteiger partial charge >= 0.3 is 5.97 Å². The van der Waals surface area contributed by atoms with Crippen molar-refractivity contribution in [3.05, 3.63) is 46.4 Å². The van der Waals surface area contributed by atoms with Gasteiger partial charge in [0.2, 0.25) is 5.88 Å². The topological polar surface area (TPSA) is 109 Å². The molecule has 7 aliphatic rings. The number of carbonyl (C=O) groups is 1. The molecule has 0 radical (unpaired) electrons. The fraction of sp³-hybridized carbons (Fsp3) is 0.792. The number of nitrogens with zero attached hydrogens (tertiary/aromatic N) is 2. The molecule has 6 aliphatic carbocycles. The van der Waals surface area contributed by atoms with Gasteiger partial charge in [0.25, 0.3) is 0 Å². The van der Waals surface area contributed by atoms with E-state index in [2.05, 4.69) is 74.9 Å². The third kappa shape index (κ3) is 6.92. The highest BCUT2D eigenvalue weighted by Crippen LogP contribution is 2.76. The van der Waals surface area contributed by atoms with Gasteiger partial charge < -0.3 is 20.1 Å². The van der Waals surface area contributed by atoms with Crippen molar-refractivity contribution in [2.45, 2.75) is 137 Å². The van der Waals surface area contributed by atoms with E-state index in [4.69, 9.17) is 4.74 Å². The molecule has 1 unspecified atom stereocenters. The maximum Gasteiger partial charge on any atom is 0.310 e. The van der Waals surface area contributed by atoms with Crippen molar-refractivity contribution in [3.63, 3.8) is 0 Å². The van der Waals surface area contributed by atoms with Gasteiger partial charge in [-0.3, -0.25) is 4.79 Å². The molecular weight excluding hydrogens is 763 g/mol. The Morgan fingerprint density at radius 2 is 1.74 bits per heavy atom. The van der Waals surface area contributed by atoms with Crippen LogP contribution in [0.1, 0.15) is 130 Å². The Morgan fingerprint density at radius 3 is 2.40 bits per heavy atom. The summed E-state index contributed by atoms with van der Waals surface area (Å²) in [7, 11) is -2.87. The number of carboxylic acid groups (broad SMARTS) is 1. The molecule has 2 heterocycles. The predicted molar refractivity (Wildman–Crippen MR) is 235 cm³/mol. The summed E-state index contributed by atoms with van der Waals surface area (Å²) >= 11 is 1.41. The number of rotatable bonds is 11. The molecule has 8 rings (SSSR count). The Kier molecular flexibility index (Phi) is 11.1. The summed E-state index contributed by atoms with van der Waals surface area (Å²) < 4.78 is 34.4. The van der Waals surface area contributed by atoms with Crippen LogP contribution in [0.15, 0.2) is 41.5 Å². The molecule has 10 heteroatoms. The van der Waals surface area contributed by atoms with Crippen LogP contribution >= 0.6 is 11.5 Å². The number of ether oxygens (including phenoxy) is 1. The van der Waals surface area contributed by atoms with Crippen LogP contribution in [0, 0.1) is 63.6 Å². The van der Waals surface area contributed by atoms with Gasteiger partial charge in [0.15, 0.2) is 9.84 Å². The minimum absolute atomic E-state index is 0.0212. The van der Waals surface area contributed by atoms with Crippen molar-refractivity contribution in [2.75, 3.05) is 44.3 Å².